The average molecular weight is 302 g/mol. The van der Waals surface area contributed by atoms with Crippen molar-refractivity contribution in [3.8, 4) is 0 Å². The third kappa shape index (κ3) is 3.55. The molecule has 0 saturated carbocycles. The maximum absolute atomic E-state index is 2.75. The average Bonchev–Trinajstić information content (AvgIpc) is 2.99. The van der Waals surface area contributed by atoms with Gasteiger partial charge in [0, 0.05) is 0 Å². The summed E-state index contributed by atoms with van der Waals surface area (Å²) in [5, 5.41) is 0. The molecule has 2 aliphatic heterocycles. The van der Waals surface area contributed by atoms with Crippen molar-refractivity contribution in [2.75, 3.05) is 25.2 Å². The normalized spacial score (nSPS) is 36.7. The van der Waals surface area contributed by atoms with E-state index in [9.17, 15) is 0 Å². The molecule has 2 rings (SSSR count). The van der Waals surface area contributed by atoms with Gasteiger partial charge in [-0.1, -0.05) is 0 Å². The molecule has 2 heterocycles. The van der Waals surface area contributed by atoms with Crippen LogP contribution in [0.3, 0.4) is 0 Å². The van der Waals surface area contributed by atoms with E-state index in [1.54, 1.807) is 44.2 Å². The fourth-order valence-corrected chi connectivity index (χ4v) is 15.2. The van der Waals surface area contributed by atoms with Crippen LogP contribution in [-0.4, -0.2) is 42.1 Å². The molecule has 2 heteroatoms. The molecule has 0 N–H and O–H groups in total. The van der Waals surface area contributed by atoms with Crippen LogP contribution >= 0.6 is 15.2 Å². The van der Waals surface area contributed by atoms with Gasteiger partial charge in [0.2, 0.25) is 0 Å². The molecule has 0 spiro atoms. The molecule has 0 aromatic carbocycles. The molecular formula is C17H36P2. The summed E-state index contributed by atoms with van der Waals surface area (Å²) in [5.41, 5.74) is 3.45. The molecule has 0 aromatic heterocycles. The molecule has 0 nitrogen and oxygen atoms in total. The van der Waals surface area contributed by atoms with Gasteiger partial charge in [-0.2, -0.15) is 0 Å². The molecule has 0 aromatic rings. The molecule has 19 heavy (non-hydrogen) atoms. The van der Waals surface area contributed by atoms with Gasteiger partial charge in [-0.05, 0) is 0 Å². The van der Waals surface area contributed by atoms with Crippen molar-refractivity contribution in [3.05, 3.63) is 0 Å². The summed E-state index contributed by atoms with van der Waals surface area (Å²) in [7, 11) is -0.461. The van der Waals surface area contributed by atoms with Crippen LogP contribution in [0.4, 0.5) is 0 Å². The van der Waals surface area contributed by atoms with Crippen molar-refractivity contribution in [1.82, 2.24) is 0 Å². The molecule has 0 bridgehead atoms. The third-order valence-electron chi connectivity index (χ3n) is 6.43. The maximum atomic E-state index is 2.75. The van der Waals surface area contributed by atoms with E-state index < -0.39 is 7.26 Å². The Labute approximate surface area is 123 Å². The molecule has 0 radical (unpaired) electrons. The second kappa shape index (κ2) is 7.22. The Bertz CT molecular complexity index is 266. The quantitative estimate of drug-likeness (QED) is 0.546. The Morgan fingerprint density at radius 2 is 1.58 bits per heavy atom. The van der Waals surface area contributed by atoms with E-state index in [0.29, 0.717) is 7.92 Å². The summed E-state index contributed by atoms with van der Waals surface area (Å²) < 4.78 is 0. The van der Waals surface area contributed by atoms with Crippen LogP contribution in [-0.2, 0) is 0 Å². The van der Waals surface area contributed by atoms with E-state index in [2.05, 4.69) is 27.4 Å². The first-order valence-electron chi connectivity index (χ1n) is 8.90. The topological polar surface area (TPSA) is 0 Å². The van der Waals surface area contributed by atoms with Crippen LogP contribution in [0.5, 0.6) is 0 Å². The standard InChI is InChI=1S/C17H36P2/c1-5-15-10-11-16(6-2)18(15)12-14-19(4)13-8-9-17(19)7-3/h15-17,19H,5-14H2,1-4H3/t15-,16-,17-/m1/s1. The summed E-state index contributed by atoms with van der Waals surface area (Å²) >= 11 is 0. The molecule has 2 aliphatic rings. The van der Waals surface area contributed by atoms with Crippen molar-refractivity contribution >= 4 is 15.2 Å². The van der Waals surface area contributed by atoms with Crippen LogP contribution in [0.1, 0.15) is 65.7 Å². The van der Waals surface area contributed by atoms with Gasteiger partial charge in [0.25, 0.3) is 0 Å². The molecule has 0 aliphatic carbocycles. The van der Waals surface area contributed by atoms with Crippen molar-refractivity contribution < 1.29 is 0 Å². The minimum atomic E-state index is -0.852. The van der Waals surface area contributed by atoms with E-state index in [4.69, 9.17) is 0 Å². The molecule has 3 atom stereocenters. The van der Waals surface area contributed by atoms with Crippen molar-refractivity contribution in [1.29, 1.82) is 0 Å². The Balaban J connectivity index is 1.92. The van der Waals surface area contributed by atoms with Crippen molar-refractivity contribution in [3.63, 3.8) is 0 Å². The molecular weight excluding hydrogens is 266 g/mol. The van der Waals surface area contributed by atoms with Crippen LogP contribution < -0.4 is 0 Å². The van der Waals surface area contributed by atoms with Crippen LogP contribution in [0.15, 0.2) is 0 Å². The fraction of sp³-hybridized carbons (Fsp3) is 1.00. The van der Waals surface area contributed by atoms with Crippen LogP contribution in [0.2, 0.25) is 0 Å². The second-order valence-corrected chi connectivity index (χ2v) is 15.4. The van der Waals surface area contributed by atoms with Crippen LogP contribution in [0, 0.1) is 0 Å². The van der Waals surface area contributed by atoms with Gasteiger partial charge >= 0.3 is 123 Å². The Morgan fingerprint density at radius 3 is 2.11 bits per heavy atom. The Kier molecular flexibility index (Phi) is 6.17. The van der Waals surface area contributed by atoms with Crippen molar-refractivity contribution in [2.24, 2.45) is 0 Å². The predicted molar refractivity (Wildman–Crippen MR) is 96.5 cm³/mol. The van der Waals surface area contributed by atoms with E-state index in [-0.39, 0.29) is 0 Å². The first-order valence-corrected chi connectivity index (χ1v) is 13.6. The zero-order valence-electron chi connectivity index (χ0n) is 13.8. The second-order valence-electron chi connectivity index (χ2n) is 7.34. The molecule has 2 saturated heterocycles. The first kappa shape index (κ1) is 16.2. The minimum absolute atomic E-state index is 0.390. The SMILES string of the molecule is CC[C@@H]1CC[C@@H](CC)P1CC[PH]1(C)CCC[C@H]1CC. The van der Waals surface area contributed by atoms with Gasteiger partial charge in [-0.15, -0.1) is 0 Å². The predicted octanol–water partition coefficient (Wildman–Crippen LogP) is 5.77. The summed E-state index contributed by atoms with van der Waals surface area (Å²) in [6.07, 6.45) is 15.7. The van der Waals surface area contributed by atoms with Gasteiger partial charge in [0.1, 0.15) is 0 Å². The Morgan fingerprint density at radius 1 is 0.947 bits per heavy atom. The Hall–Kier alpha value is 0.860. The third-order valence-corrected chi connectivity index (χ3v) is 16.3. The van der Waals surface area contributed by atoms with Gasteiger partial charge in [-0.3, -0.25) is 0 Å². The monoisotopic (exact) mass is 302 g/mol. The zero-order chi connectivity index (χ0) is 13.9. The van der Waals surface area contributed by atoms with Gasteiger partial charge in [0.05, 0.1) is 0 Å². The van der Waals surface area contributed by atoms with Gasteiger partial charge in [0.15, 0.2) is 0 Å². The van der Waals surface area contributed by atoms with Crippen LogP contribution in [0.25, 0.3) is 0 Å². The molecule has 0 amide bonds. The molecule has 2 fully saturated rings. The number of hydrogen-bond donors (Lipinski definition) is 0. The van der Waals surface area contributed by atoms with E-state index in [0.717, 1.165) is 11.3 Å². The van der Waals surface area contributed by atoms with Gasteiger partial charge in [-0.25, -0.2) is 0 Å². The van der Waals surface area contributed by atoms with Crippen molar-refractivity contribution in [2.45, 2.75) is 82.7 Å². The number of rotatable bonds is 6. The summed E-state index contributed by atoms with van der Waals surface area (Å²) in [5.74, 6) is 0. The zero-order valence-corrected chi connectivity index (χ0v) is 15.6. The van der Waals surface area contributed by atoms with E-state index in [1.807, 2.05) is 0 Å². The van der Waals surface area contributed by atoms with Gasteiger partial charge < -0.3 is 0 Å². The van der Waals surface area contributed by atoms with E-state index >= 15 is 0 Å². The fourth-order valence-electron chi connectivity index (χ4n) is 4.97. The molecule has 0 unspecified atom stereocenters. The summed E-state index contributed by atoms with van der Waals surface area (Å²) in [6.45, 7) is 10.1. The summed E-state index contributed by atoms with van der Waals surface area (Å²) in [4.78, 5) is 0. The molecule has 114 valence electrons. The number of hydrogen-bond acceptors (Lipinski definition) is 0. The van der Waals surface area contributed by atoms with E-state index in [1.165, 1.54) is 24.9 Å². The first-order chi connectivity index (χ1) is 9.14. The summed E-state index contributed by atoms with van der Waals surface area (Å²) in [6, 6.07) is 0.